The monoisotopic (exact) mass is 513 g/mol. The van der Waals surface area contributed by atoms with Crippen molar-refractivity contribution in [3.8, 4) is 5.75 Å². The Kier molecular flexibility index (Phi) is 11.5. The Morgan fingerprint density at radius 3 is 2.69 bits per heavy atom. The van der Waals surface area contributed by atoms with Crippen LogP contribution in [0.3, 0.4) is 0 Å². The van der Waals surface area contributed by atoms with E-state index in [1.54, 1.807) is 6.26 Å². The van der Waals surface area contributed by atoms with E-state index in [-0.39, 0.29) is 36.6 Å². The highest BCUT2D eigenvalue weighted by Crippen LogP contribution is 2.20. The standard InChI is InChI=1S/C22H31N3O3.HI/c1-16(2)14-24-22(23-11-10-19-9-6-12-27-19)25-15-21(26)18-7-5-8-20(13-18)28-17(3)4;/h5-9,12-13,17,21,26H,1,10-11,14-15H2,2-4H3,(H2,23,24,25);1H. The molecule has 0 fully saturated rings. The maximum atomic E-state index is 10.5. The highest BCUT2D eigenvalue weighted by Gasteiger charge is 2.10. The molecule has 0 aliphatic heterocycles. The number of nitrogens with zero attached hydrogens (tertiary/aromatic N) is 1. The molecular formula is C22H32IN3O3. The van der Waals surface area contributed by atoms with Gasteiger partial charge in [-0.1, -0.05) is 24.3 Å². The molecular weight excluding hydrogens is 481 g/mol. The minimum absolute atomic E-state index is 0. The summed E-state index contributed by atoms with van der Waals surface area (Å²) in [6.45, 7) is 11.3. The summed E-state index contributed by atoms with van der Waals surface area (Å²) in [4.78, 5) is 4.51. The molecule has 1 unspecified atom stereocenters. The van der Waals surface area contributed by atoms with E-state index in [1.807, 2.05) is 57.2 Å². The molecule has 0 saturated heterocycles. The van der Waals surface area contributed by atoms with Crippen LogP contribution in [0.2, 0.25) is 0 Å². The van der Waals surface area contributed by atoms with E-state index in [0.29, 0.717) is 19.0 Å². The van der Waals surface area contributed by atoms with Crippen molar-refractivity contribution >= 4 is 29.9 Å². The molecule has 1 atom stereocenters. The second-order valence-electron chi connectivity index (χ2n) is 7.01. The van der Waals surface area contributed by atoms with Gasteiger partial charge in [0.25, 0.3) is 0 Å². The first-order valence-corrected chi connectivity index (χ1v) is 9.57. The zero-order valence-corrected chi connectivity index (χ0v) is 19.7. The first-order chi connectivity index (χ1) is 13.4. The van der Waals surface area contributed by atoms with E-state index in [9.17, 15) is 5.11 Å². The molecule has 7 heteroatoms. The van der Waals surface area contributed by atoms with Crippen molar-refractivity contribution in [1.29, 1.82) is 0 Å². The molecule has 0 bridgehead atoms. The highest BCUT2D eigenvalue weighted by molar-refractivity contribution is 14.0. The van der Waals surface area contributed by atoms with Crippen molar-refractivity contribution in [1.82, 2.24) is 10.6 Å². The molecule has 0 spiro atoms. The second kappa shape index (κ2) is 13.3. The van der Waals surface area contributed by atoms with Crippen LogP contribution in [-0.4, -0.2) is 36.8 Å². The van der Waals surface area contributed by atoms with Crippen molar-refractivity contribution in [2.75, 3.05) is 19.6 Å². The third kappa shape index (κ3) is 9.85. The van der Waals surface area contributed by atoms with Crippen LogP contribution in [0.5, 0.6) is 5.75 Å². The summed E-state index contributed by atoms with van der Waals surface area (Å²) in [6, 6.07) is 11.3. The number of halogens is 1. The fraction of sp³-hybridized carbons (Fsp3) is 0.409. The smallest absolute Gasteiger partial charge is 0.191 e. The largest absolute Gasteiger partial charge is 0.491 e. The number of hydrogen-bond acceptors (Lipinski definition) is 4. The zero-order chi connectivity index (χ0) is 20.4. The van der Waals surface area contributed by atoms with E-state index in [0.717, 1.165) is 29.1 Å². The summed E-state index contributed by atoms with van der Waals surface area (Å²) in [6.07, 6.45) is 1.78. The number of nitrogens with one attached hydrogen (secondary N) is 2. The molecule has 0 saturated carbocycles. The molecule has 0 amide bonds. The van der Waals surface area contributed by atoms with E-state index in [2.05, 4.69) is 22.2 Å². The van der Waals surface area contributed by atoms with Crippen LogP contribution >= 0.6 is 24.0 Å². The van der Waals surface area contributed by atoms with Gasteiger partial charge in [-0.05, 0) is 50.6 Å². The van der Waals surface area contributed by atoms with Crippen LogP contribution in [0.15, 0.2) is 64.2 Å². The first kappa shape index (κ1) is 25.0. The SMILES string of the molecule is C=C(C)CNC(=NCC(O)c1cccc(OC(C)C)c1)NCCc1ccco1.I. The van der Waals surface area contributed by atoms with Gasteiger partial charge in [0.2, 0.25) is 0 Å². The molecule has 3 N–H and O–H groups in total. The first-order valence-electron chi connectivity index (χ1n) is 9.57. The number of ether oxygens (including phenoxy) is 1. The third-order valence-corrected chi connectivity index (χ3v) is 3.84. The normalized spacial score (nSPS) is 12.2. The lowest BCUT2D eigenvalue weighted by Gasteiger charge is -2.15. The average molecular weight is 513 g/mol. The quantitative estimate of drug-likeness (QED) is 0.193. The molecule has 1 aromatic heterocycles. The van der Waals surface area contributed by atoms with Crippen LogP contribution in [0, 0.1) is 0 Å². The minimum atomic E-state index is -0.718. The summed E-state index contributed by atoms with van der Waals surface area (Å²) in [7, 11) is 0. The second-order valence-corrected chi connectivity index (χ2v) is 7.01. The molecule has 6 nitrogen and oxygen atoms in total. The van der Waals surface area contributed by atoms with Gasteiger partial charge < -0.3 is 24.9 Å². The topological polar surface area (TPSA) is 79.0 Å². The van der Waals surface area contributed by atoms with Crippen LogP contribution in [0.1, 0.15) is 38.2 Å². The summed E-state index contributed by atoms with van der Waals surface area (Å²) < 4.78 is 11.0. The van der Waals surface area contributed by atoms with Crippen molar-refractivity contribution in [2.24, 2.45) is 4.99 Å². The van der Waals surface area contributed by atoms with E-state index < -0.39 is 6.10 Å². The van der Waals surface area contributed by atoms with E-state index in [1.165, 1.54) is 0 Å². The number of aliphatic hydroxyl groups excluding tert-OH is 1. The molecule has 1 heterocycles. The minimum Gasteiger partial charge on any atom is -0.491 e. The molecule has 1 aromatic carbocycles. The molecule has 2 aromatic rings. The fourth-order valence-corrected chi connectivity index (χ4v) is 2.52. The van der Waals surface area contributed by atoms with Crippen LogP contribution in [-0.2, 0) is 6.42 Å². The average Bonchev–Trinajstić information content (AvgIpc) is 3.16. The van der Waals surface area contributed by atoms with Gasteiger partial charge in [0.15, 0.2) is 5.96 Å². The number of aliphatic hydroxyl groups is 1. The van der Waals surface area contributed by atoms with Crippen molar-refractivity contribution in [3.63, 3.8) is 0 Å². The van der Waals surface area contributed by atoms with Crippen LogP contribution < -0.4 is 15.4 Å². The predicted octanol–water partition coefficient (Wildman–Crippen LogP) is 4.07. The van der Waals surface area contributed by atoms with Gasteiger partial charge in [-0.3, -0.25) is 4.99 Å². The van der Waals surface area contributed by atoms with Gasteiger partial charge in [-0.15, -0.1) is 24.0 Å². The third-order valence-electron chi connectivity index (χ3n) is 3.84. The predicted molar refractivity (Wildman–Crippen MR) is 128 cm³/mol. The lowest BCUT2D eigenvalue weighted by Crippen LogP contribution is -2.39. The highest BCUT2D eigenvalue weighted by atomic mass is 127. The van der Waals surface area contributed by atoms with Gasteiger partial charge in [0.05, 0.1) is 25.0 Å². The molecule has 2 rings (SSSR count). The number of benzene rings is 1. The van der Waals surface area contributed by atoms with Crippen LogP contribution in [0.4, 0.5) is 0 Å². The van der Waals surface area contributed by atoms with Gasteiger partial charge in [0, 0.05) is 19.5 Å². The zero-order valence-electron chi connectivity index (χ0n) is 17.4. The summed E-state index contributed by atoms with van der Waals surface area (Å²) in [5.41, 5.74) is 1.77. The number of aliphatic imine (C=N–C) groups is 1. The number of rotatable bonds is 10. The summed E-state index contributed by atoms with van der Waals surface area (Å²) >= 11 is 0. The Balaban J connectivity index is 0.00000420. The van der Waals surface area contributed by atoms with Crippen LogP contribution in [0.25, 0.3) is 0 Å². The summed E-state index contributed by atoms with van der Waals surface area (Å²) in [5, 5.41) is 17.0. The Morgan fingerprint density at radius 1 is 1.24 bits per heavy atom. The van der Waals surface area contributed by atoms with Crippen molar-refractivity contribution in [3.05, 3.63) is 66.1 Å². The van der Waals surface area contributed by atoms with Gasteiger partial charge in [0.1, 0.15) is 11.5 Å². The Labute approximate surface area is 190 Å². The Bertz CT molecular complexity index is 760. The molecule has 0 aliphatic carbocycles. The molecule has 0 radical (unpaired) electrons. The van der Waals surface area contributed by atoms with Gasteiger partial charge in [-0.25, -0.2) is 0 Å². The number of guanidine groups is 1. The lowest BCUT2D eigenvalue weighted by atomic mass is 10.1. The van der Waals surface area contributed by atoms with E-state index in [4.69, 9.17) is 9.15 Å². The molecule has 29 heavy (non-hydrogen) atoms. The fourth-order valence-electron chi connectivity index (χ4n) is 2.52. The van der Waals surface area contributed by atoms with Gasteiger partial charge >= 0.3 is 0 Å². The lowest BCUT2D eigenvalue weighted by molar-refractivity contribution is 0.185. The van der Waals surface area contributed by atoms with Crippen molar-refractivity contribution < 1.29 is 14.3 Å². The Hall–Kier alpha value is -2.00. The van der Waals surface area contributed by atoms with E-state index >= 15 is 0 Å². The molecule has 160 valence electrons. The summed E-state index contributed by atoms with van der Waals surface area (Å²) in [5.74, 6) is 2.28. The number of hydrogen-bond donors (Lipinski definition) is 3. The maximum Gasteiger partial charge on any atom is 0.191 e. The molecule has 0 aliphatic rings. The Morgan fingerprint density at radius 2 is 2.03 bits per heavy atom. The maximum absolute atomic E-state index is 10.5. The van der Waals surface area contributed by atoms with Gasteiger partial charge in [-0.2, -0.15) is 0 Å². The van der Waals surface area contributed by atoms with Crippen molar-refractivity contribution in [2.45, 2.75) is 39.4 Å². The number of furan rings is 1.